The topological polar surface area (TPSA) is 109 Å². The van der Waals surface area contributed by atoms with Crippen molar-refractivity contribution >= 4 is 24.5 Å². The summed E-state index contributed by atoms with van der Waals surface area (Å²) in [6.07, 6.45) is 0.549. The maximum atomic E-state index is 12.1. The maximum absolute atomic E-state index is 12.1. The Morgan fingerprint density at radius 2 is 1.17 bits per heavy atom. The first-order chi connectivity index (χ1) is 11.4. The van der Waals surface area contributed by atoms with E-state index in [1.54, 1.807) is 0 Å². The van der Waals surface area contributed by atoms with Gasteiger partial charge in [-0.3, -0.25) is 19.2 Å². The first kappa shape index (κ1) is 17.1. The molecule has 0 saturated carbocycles. The summed E-state index contributed by atoms with van der Waals surface area (Å²) >= 11 is 0. The van der Waals surface area contributed by atoms with Crippen LogP contribution in [0.1, 0.15) is 38.3 Å². The molecule has 122 valence electrons. The van der Waals surface area contributed by atoms with Crippen molar-refractivity contribution in [2.75, 3.05) is 0 Å². The Bertz CT molecular complexity index is 723. The molecular weight excluding hydrogens is 312 g/mol. The lowest BCUT2D eigenvalue weighted by molar-refractivity contribution is -0.148. The van der Waals surface area contributed by atoms with Gasteiger partial charge in [-0.15, -0.1) is 0 Å². The van der Waals surface area contributed by atoms with E-state index in [-0.39, 0.29) is 11.1 Å². The van der Waals surface area contributed by atoms with Crippen molar-refractivity contribution in [1.82, 2.24) is 0 Å². The van der Waals surface area contributed by atoms with Crippen LogP contribution in [-0.2, 0) is 15.0 Å². The van der Waals surface area contributed by atoms with Gasteiger partial charge in [-0.25, -0.2) is 0 Å². The third kappa shape index (κ3) is 3.08. The molecule has 0 aliphatic carbocycles. The van der Waals surface area contributed by atoms with Gasteiger partial charge in [0.15, 0.2) is 0 Å². The van der Waals surface area contributed by atoms with Crippen molar-refractivity contribution in [2.45, 2.75) is 11.8 Å². The molecule has 2 rings (SSSR count). The lowest BCUT2D eigenvalue weighted by atomic mass is 9.71. The van der Waals surface area contributed by atoms with Gasteiger partial charge in [0.25, 0.3) is 0 Å². The molecule has 0 amide bonds. The molecule has 0 heterocycles. The van der Waals surface area contributed by atoms with Crippen molar-refractivity contribution in [3.63, 3.8) is 0 Å². The van der Waals surface area contributed by atoms with Gasteiger partial charge >= 0.3 is 11.9 Å². The van der Waals surface area contributed by atoms with Crippen molar-refractivity contribution in [2.24, 2.45) is 0 Å². The van der Waals surface area contributed by atoms with Crippen molar-refractivity contribution in [3.05, 3.63) is 70.8 Å². The number of aliphatic carboxylic acids is 2. The molecule has 2 aromatic carbocycles. The minimum atomic E-state index is -1.82. The average Bonchev–Trinajstić information content (AvgIpc) is 2.59. The number of aldehydes is 2. The van der Waals surface area contributed by atoms with Gasteiger partial charge in [0.2, 0.25) is 0 Å². The van der Waals surface area contributed by atoms with E-state index in [0.717, 1.165) is 0 Å². The summed E-state index contributed by atoms with van der Waals surface area (Å²) in [6, 6.07) is 11.4. The summed E-state index contributed by atoms with van der Waals surface area (Å²) in [6.45, 7) is 0. The zero-order valence-corrected chi connectivity index (χ0v) is 12.5. The Balaban J connectivity index is 2.69. The van der Waals surface area contributed by atoms with E-state index in [1.807, 2.05) is 0 Å². The largest absolute Gasteiger partial charge is 0.481 e. The second-order valence-corrected chi connectivity index (χ2v) is 5.26. The molecule has 0 fully saturated rings. The molecule has 0 saturated heterocycles. The zero-order chi connectivity index (χ0) is 17.7. The second kappa shape index (κ2) is 6.87. The van der Waals surface area contributed by atoms with Crippen LogP contribution in [0.4, 0.5) is 0 Å². The van der Waals surface area contributed by atoms with Gasteiger partial charge in [0, 0.05) is 11.1 Å². The van der Waals surface area contributed by atoms with Crippen LogP contribution in [0.15, 0.2) is 48.5 Å². The Morgan fingerprint density at radius 1 is 0.792 bits per heavy atom. The predicted octanol–water partition coefficient (Wildman–Crippen LogP) is 2.16. The standard InChI is InChI=1S/C18H14O6/c19-10-12-1-5-14(6-2-12)18(17(23)24,9-16(21)22)15-7-3-13(11-20)4-8-15/h1-8,10-11H,9H2,(H,21,22)(H,23,24). The second-order valence-electron chi connectivity index (χ2n) is 5.26. The minimum Gasteiger partial charge on any atom is -0.481 e. The normalized spacial score (nSPS) is 10.8. The van der Waals surface area contributed by atoms with Gasteiger partial charge in [0.1, 0.15) is 18.0 Å². The fourth-order valence-corrected chi connectivity index (χ4v) is 2.61. The van der Waals surface area contributed by atoms with Crippen LogP contribution >= 0.6 is 0 Å². The first-order valence-electron chi connectivity index (χ1n) is 7.00. The molecule has 0 bridgehead atoms. The molecule has 24 heavy (non-hydrogen) atoms. The average molecular weight is 326 g/mol. The van der Waals surface area contributed by atoms with Crippen molar-refractivity contribution < 1.29 is 29.4 Å². The van der Waals surface area contributed by atoms with Crippen LogP contribution in [0.5, 0.6) is 0 Å². The molecular formula is C18H14O6. The molecule has 0 atom stereocenters. The number of rotatable bonds is 7. The lowest BCUT2D eigenvalue weighted by Crippen LogP contribution is -2.39. The number of carbonyl (C=O) groups excluding carboxylic acids is 2. The monoisotopic (exact) mass is 326 g/mol. The summed E-state index contributed by atoms with van der Waals surface area (Å²) in [5.74, 6) is -2.61. The van der Waals surface area contributed by atoms with Gasteiger partial charge in [-0.1, -0.05) is 48.5 Å². The quantitative estimate of drug-likeness (QED) is 0.755. The summed E-state index contributed by atoms with van der Waals surface area (Å²) < 4.78 is 0. The molecule has 0 aliphatic heterocycles. The first-order valence-corrected chi connectivity index (χ1v) is 7.00. The number of hydrogen-bond acceptors (Lipinski definition) is 4. The molecule has 0 aromatic heterocycles. The predicted molar refractivity (Wildman–Crippen MR) is 84.3 cm³/mol. The van der Waals surface area contributed by atoms with Crippen LogP contribution in [0.3, 0.4) is 0 Å². The number of hydrogen-bond donors (Lipinski definition) is 2. The number of carboxylic acids is 2. The summed E-state index contributed by atoms with van der Waals surface area (Å²) in [7, 11) is 0. The van der Waals surface area contributed by atoms with Gasteiger partial charge in [-0.05, 0) is 11.1 Å². The minimum absolute atomic E-state index is 0.238. The molecule has 0 unspecified atom stereocenters. The SMILES string of the molecule is O=Cc1ccc(C(CC(=O)O)(C(=O)O)c2ccc(C=O)cc2)cc1. The smallest absolute Gasteiger partial charge is 0.319 e. The maximum Gasteiger partial charge on any atom is 0.319 e. The van der Waals surface area contributed by atoms with Gasteiger partial charge in [0.05, 0.1) is 6.42 Å². The van der Waals surface area contributed by atoms with Gasteiger partial charge in [-0.2, -0.15) is 0 Å². The fraction of sp³-hybridized carbons (Fsp3) is 0.111. The van der Waals surface area contributed by atoms with Crippen LogP contribution in [0.25, 0.3) is 0 Å². The Hall–Kier alpha value is -3.28. The highest BCUT2D eigenvalue weighted by Crippen LogP contribution is 2.36. The van der Waals surface area contributed by atoms with Crippen LogP contribution in [0, 0.1) is 0 Å². The number of carboxylic acid groups (broad SMARTS) is 2. The summed E-state index contributed by atoms with van der Waals surface area (Å²) in [4.78, 5) is 45.0. The third-order valence-electron chi connectivity index (χ3n) is 3.86. The van der Waals surface area contributed by atoms with E-state index in [2.05, 4.69) is 0 Å². The molecule has 2 aromatic rings. The summed E-state index contributed by atoms with van der Waals surface area (Å²) in [5.41, 5.74) is -0.646. The number of benzene rings is 2. The lowest BCUT2D eigenvalue weighted by Gasteiger charge is -2.29. The zero-order valence-electron chi connectivity index (χ0n) is 12.5. The Kier molecular flexibility index (Phi) is 4.89. The highest BCUT2D eigenvalue weighted by molar-refractivity contribution is 5.91. The van der Waals surface area contributed by atoms with Crippen molar-refractivity contribution in [3.8, 4) is 0 Å². The summed E-state index contributed by atoms with van der Waals surface area (Å²) in [5, 5.41) is 19.1. The molecule has 2 N–H and O–H groups in total. The molecule has 0 spiro atoms. The van der Waals surface area contributed by atoms with E-state index in [0.29, 0.717) is 23.7 Å². The molecule has 6 nitrogen and oxygen atoms in total. The third-order valence-corrected chi connectivity index (χ3v) is 3.86. The van der Waals surface area contributed by atoms with Crippen LogP contribution in [0.2, 0.25) is 0 Å². The molecule has 0 radical (unpaired) electrons. The van der Waals surface area contributed by atoms with E-state index in [9.17, 15) is 29.4 Å². The highest BCUT2D eigenvalue weighted by Gasteiger charge is 2.44. The fourth-order valence-electron chi connectivity index (χ4n) is 2.61. The Labute approximate surface area is 137 Å². The van der Waals surface area contributed by atoms with Crippen molar-refractivity contribution in [1.29, 1.82) is 0 Å². The Morgan fingerprint density at radius 3 is 1.42 bits per heavy atom. The van der Waals surface area contributed by atoms with E-state index >= 15 is 0 Å². The van der Waals surface area contributed by atoms with E-state index in [1.165, 1.54) is 48.5 Å². The molecule has 6 heteroatoms. The van der Waals surface area contributed by atoms with Gasteiger partial charge < -0.3 is 10.2 Å². The molecule has 0 aliphatic rings. The van der Waals surface area contributed by atoms with Crippen LogP contribution in [-0.4, -0.2) is 34.7 Å². The highest BCUT2D eigenvalue weighted by atomic mass is 16.4. The van der Waals surface area contributed by atoms with E-state index < -0.39 is 23.8 Å². The number of carbonyl (C=O) groups is 4. The van der Waals surface area contributed by atoms with Crippen LogP contribution < -0.4 is 0 Å². The van der Waals surface area contributed by atoms with E-state index in [4.69, 9.17) is 0 Å².